The van der Waals surface area contributed by atoms with Crippen molar-refractivity contribution in [2.45, 2.75) is 76.3 Å². The zero-order valence-corrected chi connectivity index (χ0v) is 25.5. The van der Waals surface area contributed by atoms with E-state index in [2.05, 4.69) is 37.8 Å². The molecule has 0 atom stereocenters. The molecule has 0 aromatic heterocycles. The maximum atomic E-state index is 5.71. The number of hydrogen-bond donors (Lipinski definition) is 0. The van der Waals surface area contributed by atoms with Crippen LogP contribution < -0.4 is 0 Å². The van der Waals surface area contributed by atoms with E-state index in [1.54, 1.807) is 42.7 Å². The fraction of sp³-hybridized carbons (Fsp3) is 0.750. The Balaban J connectivity index is 2.97. The summed E-state index contributed by atoms with van der Waals surface area (Å²) in [6.07, 6.45) is 6.35. The first-order valence-corrected chi connectivity index (χ1v) is 19.6. The molecule has 1 aromatic rings. The predicted octanol–water partition coefficient (Wildman–Crippen LogP) is 5.58. The number of benzene rings is 1. The van der Waals surface area contributed by atoms with Crippen molar-refractivity contribution < 1.29 is 26.6 Å². The van der Waals surface area contributed by atoms with Crippen molar-refractivity contribution in [1.29, 1.82) is 0 Å². The van der Waals surface area contributed by atoms with Crippen molar-refractivity contribution in [3.05, 3.63) is 34.9 Å². The number of rotatable bonds is 18. The van der Waals surface area contributed by atoms with Gasteiger partial charge in [-0.05, 0) is 93.0 Å². The van der Waals surface area contributed by atoms with Gasteiger partial charge in [-0.2, -0.15) is 0 Å². The second kappa shape index (κ2) is 14.9. The van der Waals surface area contributed by atoms with E-state index in [4.69, 9.17) is 26.6 Å². The van der Waals surface area contributed by atoms with Crippen molar-refractivity contribution in [3.8, 4) is 0 Å². The fourth-order valence-corrected chi connectivity index (χ4v) is 8.31. The highest BCUT2D eigenvalue weighted by Crippen LogP contribution is 2.26. The average Bonchev–Trinajstić information content (AvgIpc) is 2.84. The monoisotopic (exact) mass is 516 g/mol. The molecule has 0 aliphatic rings. The standard InChI is InChI=1S/C24H48O6Si3/c1-25-31(7,26-2)19-11-16-22-14-10-15-23(17-12-20-32(8,27-3)28-4)24(22)18-13-21-33(9,29-5)30-6/h10,14-15H,11-13,16-21H2,1-9H3. The van der Waals surface area contributed by atoms with Crippen LogP contribution in [-0.4, -0.2) is 68.3 Å². The first-order valence-electron chi connectivity index (χ1n) is 12.0. The molecule has 0 saturated heterocycles. The van der Waals surface area contributed by atoms with Gasteiger partial charge in [-0.3, -0.25) is 0 Å². The van der Waals surface area contributed by atoms with E-state index in [1.165, 1.54) is 16.7 Å². The molecule has 0 N–H and O–H groups in total. The Bertz CT molecular complexity index is 634. The number of hydrogen-bond acceptors (Lipinski definition) is 6. The van der Waals surface area contributed by atoms with Gasteiger partial charge < -0.3 is 26.6 Å². The lowest BCUT2D eigenvalue weighted by molar-refractivity contribution is 0.248. The molecule has 0 aliphatic carbocycles. The molecule has 1 rings (SSSR count). The molecule has 1 aromatic carbocycles. The Morgan fingerprint density at radius 3 is 1.12 bits per heavy atom. The average molecular weight is 517 g/mol. The molecule has 192 valence electrons. The second-order valence-corrected chi connectivity index (χ2v) is 20.0. The van der Waals surface area contributed by atoms with Crippen LogP contribution >= 0.6 is 0 Å². The van der Waals surface area contributed by atoms with E-state index in [0.29, 0.717) is 0 Å². The topological polar surface area (TPSA) is 55.4 Å². The summed E-state index contributed by atoms with van der Waals surface area (Å²) in [5.74, 6) is 0. The van der Waals surface area contributed by atoms with Gasteiger partial charge in [-0.25, -0.2) is 0 Å². The normalized spacial score (nSPS) is 13.0. The molecule has 0 amide bonds. The summed E-state index contributed by atoms with van der Waals surface area (Å²) >= 11 is 0. The summed E-state index contributed by atoms with van der Waals surface area (Å²) in [4.78, 5) is 0. The summed E-state index contributed by atoms with van der Waals surface area (Å²) in [5, 5.41) is 0. The van der Waals surface area contributed by atoms with Crippen LogP contribution in [0, 0.1) is 0 Å². The molecule has 0 unspecified atom stereocenters. The quantitative estimate of drug-likeness (QED) is 0.237. The van der Waals surface area contributed by atoms with Gasteiger partial charge in [0.15, 0.2) is 0 Å². The minimum atomic E-state index is -2.06. The van der Waals surface area contributed by atoms with Crippen LogP contribution in [0.15, 0.2) is 18.2 Å². The van der Waals surface area contributed by atoms with E-state index in [-0.39, 0.29) is 0 Å². The van der Waals surface area contributed by atoms with Crippen LogP contribution in [0.3, 0.4) is 0 Å². The zero-order chi connectivity index (χ0) is 25.0. The fourth-order valence-electron chi connectivity index (χ4n) is 4.13. The van der Waals surface area contributed by atoms with Crippen molar-refractivity contribution in [2.75, 3.05) is 42.7 Å². The zero-order valence-electron chi connectivity index (χ0n) is 22.5. The third-order valence-electron chi connectivity index (χ3n) is 7.17. The smallest absolute Gasteiger partial charge is 0.334 e. The molecule has 33 heavy (non-hydrogen) atoms. The van der Waals surface area contributed by atoms with E-state index in [0.717, 1.165) is 56.7 Å². The van der Waals surface area contributed by atoms with Crippen molar-refractivity contribution in [3.63, 3.8) is 0 Å². The Labute approximate surface area is 206 Å². The van der Waals surface area contributed by atoms with Gasteiger partial charge in [-0.15, -0.1) is 0 Å². The molecule has 0 saturated carbocycles. The SMILES string of the molecule is CO[Si](C)(CCCc1cccc(CCC[Si](C)(OC)OC)c1CCC[Si](C)(OC)OC)OC. The molecule has 0 radical (unpaired) electrons. The predicted molar refractivity (Wildman–Crippen MR) is 143 cm³/mol. The van der Waals surface area contributed by atoms with Crippen molar-refractivity contribution in [2.24, 2.45) is 0 Å². The lowest BCUT2D eigenvalue weighted by Gasteiger charge is -2.25. The van der Waals surface area contributed by atoms with Crippen LogP contribution in [0.2, 0.25) is 37.8 Å². The third-order valence-corrected chi connectivity index (χ3v) is 16.1. The highest BCUT2D eigenvalue weighted by atomic mass is 28.4. The van der Waals surface area contributed by atoms with Gasteiger partial charge in [0.25, 0.3) is 0 Å². The lowest BCUT2D eigenvalue weighted by Crippen LogP contribution is -2.36. The first kappa shape index (κ1) is 30.7. The van der Waals surface area contributed by atoms with Gasteiger partial charge in [-0.1, -0.05) is 18.2 Å². The third kappa shape index (κ3) is 10.0. The van der Waals surface area contributed by atoms with Crippen molar-refractivity contribution in [1.82, 2.24) is 0 Å². The molecule has 6 nitrogen and oxygen atoms in total. The first-order chi connectivity index (χ1) is 15.6. The van der Waals surface area contributed by atoms with Crippen molar-refractivity contribution >= 4 is 25.7 Å². The highest BCUT2D eigenvalue weighted by molar-refractivity contribution is 6.66. The molecule has 0 bridgehead atoms. The summed E-state index contributed by atoms with van der Waals surface area (Å²) < 4.78 is 34.2. The lowest BCUT2D eigenvalue weighted by atomic mass is 9.92. The molecule has 0 aliphatic heterocycles. The molecular formula is C24H48O6Si3. The van der Waals surface area contributed by atoms with Gasteiger partial charge in [0.05, 0.1) is 0 Å². The minimum absolute atomic E-state index is 0.991. The minimum Gasteiger partial charge on any atom is -0.398 e. The maximum absolute atomic E-state index is 5.71. The number of aryl methyl sites for hydroxylation is 2. The summed E-state index contributed by atoms with van der Waals surface area (Å²) in [6, 6.07) is 9.78. The van der Waals surface area contributed by atoms with Crippen LogP contribution in [0.1, 0.15) is 36.0 Å². The van der Waals surface area contributed by atoms with E-state index in [9.17, 15) is 0 Å². The van der Waals surface area contributed by atoms with E-state index in [1.807, 2.05) is 0 Å². The molecular weight excluding hydrogens is 469 g/mol. The highest BCUT2D eigenvalue weighted by Gasteiger charge is 2.30. The Morgan fingerprint density at radius 1 is 0.515 bits per heavy atom. The Morgan fingerprint density at radius 2 is 0.818 bits per heavy atom. The van der Waals surface area contributed by atoms with Crippen LogP contribution in [0.5, 0.6) is 0 Å². The molecule has 0 fully saturated rings. The van der Waals surface area contributed by atoms with E-state index >= 15 is 0 Å². The summed E-state index contributed by atoms with van der Waals surface area (Å²) in [7, 11) is 4.47. The molecule has 0 heterocycles. The second-order valence-electron chi connectivity index (χ2n) is 9.24. The Hall–Kier alpha value is -0.369. The summed E-state index contributed by atoms with van der Waals surface area (Å²) in [6.45, 7) is 6.41. The van der Waals surface area contributed by atoms with Gasteiger partial charge in [0, 0.05) is 42.7 Å². The van der Waals surface area contributed by atoms with Gasteiger partial charge in [0.2, 0.25) is 0 Å². The Kier molecular flexibility index (Phi) is 13.8. The van der Waals surface area contributed by atoms with Crippen LogP contribution in [0.4, 0.5) is 0 Å². The van der Waals surface area contributed by atoms with E-state index < -0.39 is 25.7 Å². The largest absolute Gasteiger partial charge is 0.398 e. The molecule has 0 spiro atoms. The molecule has 9 heteroatoms. The van der Waals surface area contributed by atoms with Gasteiger partial charge >= 0.3 is 25.7 Å². The summed E-state index contributed by atoms with van der Waals surface area (Å²) in [5.41, 5.74) is 4.40. The van der Waals surface area contributed by atoms with Crippen LogP contribution in [0.25, 0.3) is 0 Å². The van der Waals surface area contributed by atoms with Gasteiger partial charge in [0.1, 0.15) is 0 Å². The van der Waals surface area contributed by atoms with Crippen LogP contribution in [-0.2, 0) is 45.8 Å². The maximum Gasteiger partial charge on any atom is 0.334 e.